The van der Waals surface area contributed by atoms with Crippen molar-refractivity contribution in [3.05, 3.63) is 18.7 Å². The van der Waals surface area contributed by atoms with Gasteiger partial charge in [0.1, 0.15) is 0 Å². The maximum absolute atomic E-state index is 11.0. The van der Waals surface area contributed by atoms with Gasteiger partial charge in [0.15, 0.2) is 0 Å². The van der Waals surface area contributed by atoms with Gasteiger partial charge >= 0.3 is 0 Å². The number of amides is 1. The number of nitrogens with zero attached hydrogens (tertiary/aromatic N) is 2. The first-order chi connectivity index (χ1) is 7.33. The number of carbonyl (C=O) groups excluding carboxylic acids is 1. The van der Waals surface area contributed by atoms with Crippen LogP contribution in [0.15, 0.2) is 18.7 Å². The molecule has 5 heteroatoms. The first-order valence-corrected chi connectivity index (χ1v) is 5.20. The highest BCUT2D eigenvalue weighted by atomic mass is 16.1. The lowest BCUT2D eigenvalue weighted by Gasteiger charge is -2.04. The average Bonchev–Trinajstić information content (AvgIpc) is 2.70. The number of unbranched alkanes of at least 4 members (excludes halogenated alkanes) is 1. The molecular weight excluding hydrogens is 192 g/mol. The predicted molar refractivity (Wildman–Crippen MR) is 58.4 cm³/mol. The van der Waals surface area contributed by atoms with E-state index in [2.05, 4.69) is 15.6 Å². The summed E-state index contributed by atoms with van der Waals surface area (Å²) in [6, 6.07) is 0. The molecule has 0 saturated carbocycles. The highest BCUT2D eigenvalue weighted by Gasteiger charge is 1.97. The third kappa shape index (κ3) is 5.17. The second-order valence-corrected chi connectivity index (χ2v) is 3.39. The number of nitrogens with one attached hydrogen (secondary N) is 2. The molecule has 1 aromatic heterocycles. The van der Waals surface area contributed by atoms with E-state index in [-0.39, 0.29) is 5.91 Å². The van der Waals surface area contributed by atoms with Crippen LogP contribution >= 0.6 is 0 Å². The van der Waals surface area contributed by atoms with Crippen LogP contribution in [0.4, 0.5) is 0 Å². The number of hydrogen-bond donors (Lipinski definition) is 2. The zero-order valence-electron chi connectivity index (χ0n) is 9.07. The lowest BCUT2D eigenvalue weighted by atomic mass is 10.3. The van der Waals surface area contributed by atoms with Crippen LogP contribution in [0.3, 0.4) is 0 Å². The molecule has 1 aromatic rings. The Morgan fingerprint density at radius 2 is 2.33 bits per heavy atom. The van der Waals surface area contributed by atoms with Crippen molar-refractivity contribution < 1.29 is 4.79 Å². The first-order valence-electron chi connectivity index (χ1n) is 5.20. The Kier molecular flexibility index (Phi) is 5.47. The van der Waals surface area contributed by atoms with Gasteiger partial charge in [0.25, 0.3) is 0 Å². The summed E-state index contributed by atoms with van der Waals surface area (Å²) in [5.41, 5.74) is 0. The monoisotopic (exact) mass is 210 g/mol. The maximum Gasteiger partial charge on any atom is 0.233 e. The zero-order valence-corrected chi connectivity index (χ0v) is 9.07. The van der Waals surface area contributed by atoms with Crippen molar-refractivity contribution in [2.45, 2.75) is 19.4 Å². The highest BCUT2D eigenvalue weighted by molar-refractivity contribution is 5.77. The van der Waals surface area contributed by atoms with Crippen molar-refractivity contribution in [1.29, 1.82) is 0 Å². The topological polar surface area (TPSA) is 59.0 Å². The van der Waals surface area contributed by atoms with E-state index in [0.717, 1.165) is 25.9 Å². The summed E-state index contributed by atoms with van der Waals surface area (Å²) in [7, 11) is 1.76. The van der Waals surface area contributed by atoms with E-state index in [1.165, 1.54) is 0 Å². The van der Waals surface area contributed by atoms with E-state index in [1.54, 1.807) is 19.6 Å². The molecule has 0 fully saturated rings. The van der Waals surface area contributed by atoms with E-state index in [4.69, 9.17) is 0 Å². The molecule has 0 spiro atoms. The van der Waals surface area contributed by atoms with Gasteiger partial charge in [0.2, 0.25) is 5.91 Å². The summed E-state index contributed by atoms with van der Waals surface area (Å²) in [5, 5.41) is 5.64. The van der Waals surface area contributed by atoms with Crippen LogP contribution in [-0.2, 0) is 11.3 Å². The first kappa shape index (κ1) is 11.7. The largest absolute Gasteiger partial charge is 0.355 e. The second kappa shape index (κ2) is 7.00. The van der Waals surface area contributed by atoms with Crippen LogP contribution in [0.1, 0.15) is 12.8 Å². The Morgan fingerprint density at radius 3 is 3.00 bits per heavy atom. The molecule has 0 atom stereocenters. The third-order valence-corrected chi connectivity index (χ3v) is 2.06. The fourth-order valence-electron chi connectivity index (χ4n) is 1.29. The number of likely N-dealkylation sites (N-methyl/N-ethyl adjacent to an activating group) is 1. The molecule has 0 radical (unpaired) electrons. The molecule has 84 valence electrons. The Balaban J connectivity index is 1.95. The number of imidazole rings is 1. The van der Waals surface area contributed by atoms with Crippen LogP contribution in [0.2, 0.25) is 0 Å². The fraction of sp³-hybridized carbons (Fsp3) is 0.600. The molecule has 0 saturated heterocycles. The number of aromatic nitrogens is 2. The summed E-state index contributed by atoms with van der Waals surface area (Å²) >= 11 is 0. The van der Waals surface area contributed by atoms with Crippen molar-refractivity contribution in [3.63, 3.8) is 0 Å². The van der Waals surface area contributed by atoms with Crippen LogP contribution in [-0.4, -0.2) is 35.6 Å². The molecule has 1 heterocycles. The van der Waals surface area contributed by atoms with Gasteiger partial charge in [0, 0.05) is 25.5 Å². The predicted octanol–water partition coefficient (Wildman–Crippen LogP) is -0.00110. The van der Waals surface area contributed by atoms with Gasteiger partial charge in [0.05, 0.1) is 12.9 Å². The minimum atomic E-state index is 0.0557. The lowest BCUT2D eigenvalue weighted by Crippen LogP contribution is -2.32. The normalized spacial score (nSPS) is 10.2. The molecule has 5 nitrogen and oxygen atoms in total. The van der Waals surface area contributed by atoms with Crippen molar-refractivity contribution in [2.24, 2.45) is 0 Å². The second-order valence-electron chi connectivity index (χ2n) is 3.39. The molecule has 0 aliphatic heterocycles. The van der Waals surface area contributed by atoms with Crippen molar-refractivity contribution in [1.82, 2.24) is 20.2 Å². The summed E-state index contributed by atoms with van der Waals surface area (Å²) in [6.45, 7) is 2.10. The van der Waals surface area contributed by atoms with Crippen molar-refractivity contribution in [2.75, 3.05) is 20.1 Å². The summed E-state index contributed by atoms with van der Waals surface area (Å²) in [4.78, 5) is 15.0. The van der Waals surface area contributed by atoms with Gasteiger partial charge in [-0.05, 0) is 19.9 Å². The van der Waals surface area contributed by atoms with Crippen LogP contribution in [0.25, 0.3) is 0 Å². The molecule has 0 aliphatic carbocycles. The molecule has 0 aromatic carbocycles. The standard InChI is InChI=1S/C10H18N4O/c1-11-8-10(15)13-4-2-3-6-14-7-5-12-9-14/h5,7,9,11H,2-4,6,8H2,1H3,(H,13,15). The molecule has 0 unspecified atom stereocenters. The average molecular weight is 210 g/mol. The number of hydrogen-bond acceptors (Lipinski definition) is 3. The molecule has 0 aliphatic rings. The molecule has 1 amide bonds. The van der Waals surface area contributed by atoms with E-state index in [9.17, 15) is 4.79 Å². The molecular formula is C10H18N4O. The Bertz CT molecular complexity index is 271. The fourth-order valence-corrected chi connectivity index (χ4v) is 1.29. The zero-order chi connectivity index (χ0) is 10.9. The van der Waals surface area contributed by atoms with Crippen LogP contribution < -0.4 is 10.6 Å². The van der Waals surface area contributed by atoms with E-state index >= 15 is 0 Å². The lowest BCUT2D eigenvalue weighted by molar-refractivity contribution is -0.120. The number of rotatable bonds is 7. The van der Waals surface area contributed by atoms with Crippen LogP contribution in [0.5, 0.6) is 0 Å². The SMILES string of the molecule is CNCC(=O)NCCCCn1ccnc1. The Labute approximate surface area is 89.9 Å². The van der Waals surface area contributed by atoms with Gasteiger partial charge < -0.3 is 15.2 Å². The summed E-state index contributed by atoms with van der Waals surface area (Å²) in [6.07, 6.45) is 7.57. The van der Waals surface area contributed by atoms with Gasteiger partial charge in [-0.2, -0.15) is 0 Å². The minimum absolute atomic E-state index is 0.0557. The molecule has 0 bridgehead atoms. The van der Waals surface area contributed by atoms with Gasteiger partial charge in [-0.3, -0.25) is 4.79 Å². The number of carbonyl (C=O) groups is 1. The molecule has 2 N–H and O–H groups in total. The van der Waals surface area contributed by atoms with Crippen molar-refractivity contribution >= 4 is 5.91 Å². The van der Waals surface area contributed by atoms with Crippen LogP contribution in [0, 0.1) is 0 Å². The van der Waals surface area contributed by atoms with E-state index in [1.807, 2.05) is 10.8 Å². The Morgan fingerprint density at radius 1 is 1.47 bits per heavy atom. The quantitative estimate of drug-likeness (QED) is 0.623. The van der Waals surface area contributed by atoms with Gasteiger partial charge in [-0.1, -0.05) is 0 Å². The number of aryl methyl sites for hydroxylation is 1. The molecule has 15 heavy (non-hydrogen) atoms. The summed E-state index contributed by atoms with van der Waals surface area (Å²) in [5.74, 6) is 0.0557. The third-order valence-electron chi connectivity index (χ3n) is 2.06. The van der Waals surface area contributed by atoms with Gasteiger partial charge in [-0.15, -0.1) is 0 Å². The Hall–Kier alpha value is -1.36. The molecule has 1 rings (SSSR count). The van der Waals surface area contributed by atoms with E-state index in [0.29, 0.717) is 6.54 Å². The maximum atomic E-state index is 11.0. The minimum Gasteiger partial charge on any atom is -0.355 e. The summed E-state index contributed by atoms with van der Waals surface area (Å²) < 4.78 is 2.04. The van der Waals surface area contributed by atoms with Crippen molar-refractivity contribution in [3.8, 4) is 0 Å². The van der Waals surface area contributed by atoms with E-state index < -0.39 is 0 Å². The smallest absolute Gasteiger partial charge is 0.233 e. The van der Waals surface area contributed by atoms with Gasteiger partial charge in [-0.25, -0.2) is 4.98 Å². The highest BCUT2D eigenvalue weighted by Crippen LogP contribution is 1.93.